The van der Waals surface area contributed by atoms with Crippen LogP contribution >= 0.6 is 11.6 Å². The minimum atomic E-state index is 0.624. The zero-order valence-corrected chi connectivity index (χ0v) is 20.1. The van der Waals surface area contributed by atoms with E-state index in [1.54, 1.807) is 0 Å². The number of para-hydroxylation sites is 2. The van der Waals surface area contributed by atoms with E-state index in [2.05, 4.69) is 26.8 Å². The molecular formula is C27H28ClN5O. The summed E-state index contributed by atoms with van der Waals surface area (Å²) in [7, 11) is 0. The number of fused-ring (bicyclic) bond motifs is 3. The fourth-order valence-corrected chi connectivity index (χ4v) is 4.85. The summed E-state index contributed by atoms with van der Waals surface area (Å²) in [5, 5.41) is 14.5. The van der Waals surface area contributed by atoms with E-state index >= 15 is 0 Å². The number of pyridine rings is 1. The Morgan fingerprint density at radius 2 is 1.88 bits per heavy atom. The van der Waals surface area contributed by atoms with Crippen LogP contribution in [0.1, 0.15) is 28.7 Å². The van der Waals surface area contributed by atoms with Gasteiger partial charge in [0.15, 0.2) is 5.65 Å². The third-order valence-corrected chi connectivity index (χ3v) is 6.83. The van der Waals surface area contributed by atoms with Crippen molar-refractivity contribution in [2.75, 3.05) is 44.7 Å². The number of hydrogen-bond acceptors (Lipinski definition) is 5. The Labute approximate surface area is 204 Å². The summed E-state index contributed by atoms with van der Waals surface area (Å²) < 4.78 is 7.59. The maximum absolute atomic E-state index is 10.1. The van der Waals surface area contributed by atoms with Crippen molar-refractivity contribution in [2.24, 2.45) is 0 Å². The van der Waals surface area contributed by atoms with E-state index in [1.807, 2.05) is 49.4 Å². The average Bonchev–Trinajstić information content (AvgIpc) is 3.24. The molecule has 0 radical (unpaired) electrons. The van der Waals surface area contributed by atoms with Gasteiger partial charge in [-0.25, -0.2) is 4.98 Å². The van der Waals surface area contributed by atoms with E-state index in [4.69, 9.17) is 21.3 Å². The average molecular weight is 474 g/mol. The van der Waals surface area contributed by atoms with Gasteiger partial charge in [0.25, 0.3) is 0 Å². The molecular weight excluding hydrogens is 446 g/mol. The monoisotopic (exact) mass is 473 g/mol. The topological polar surface area (TPSA) is 65.6 Å². The third-order valence-electron chi connectivity index (χ3n) is 6.57. The number of morpholine rings is 1. The fraction of sp³-hybridized carbons (Fsp3) is 0.333. The second-order valence-corrected chi connectivity index (χ2v) is 9.17. The van der Waals surface area contributed by atoms with Gasteiger partial charge in [-0.1, -0.05) is 35.9 Å². The van der Waals surface area contributed by atoms with E-state index < -0.39 is 0 Å². The molecule has 2 aromatic carbocycles. The molecule has 2 aromatic heterocycles. The van der Waals surface area contributed by atoms with Crippen LogP contribution in [-0.4, -0.2) is 53.7 Å². The van der Waals surface area contributed by atoms with Crippen LogP contribution in [0.3, 0.4) is 0 Å². The van der Waals surface area contributed by atoms with Gasteiger partial charge in [0, 0.05) is 36.6 Å². The molecule has 1 aliphatic rings. The summed E-state index contributed by atoms with van der Waals surface area (Å²) in [6.45, 7) is 7.51. The second kappa shape index (κ2) is 10.0. The van der Waals surface area contributed by atoms with Gasteiger partial charge < -0.3 is 10.1 Å². The Hall–Kier alpha value is -3.11. The minimum absolute atomic E-state index is 0.624. The molecule has 174 valence electrons. The van der Waals surface area contributed by atoms with E-state index in [-0.39, 0.29) is 0 Å². The molecule has 7 heteroatoms. The summed E-state index contributed by atoms with van der Waals surface area (Å²) in [4.78, 5) is 7.28. The van der Waals surface area contributed by atoms with Crippen molar-refractivity contribution in [3.63, 3.8) is 0 Å². The van der Waals surface area contributed by atoms with E-state index in [0.717, 1.165) is 84.4 Å². The lowest BCUT2D eigenvalue weighted by Gasteiger charge is -2.26. The zero-order valence-electron chi connectivity index (χ0n) is 19.4. The van der Waals surface area contributed by atoms with Crippen LogP contribution in [0.5, 0.6) is 0 Å². The lowest BCUT2D eigenvalue weighted by molar-refractivity contribution is 0.0378. The molecule has 4 aromatic rings. The SMILES string of the molecule is Cc1c(Cc2ccc(Cl)cc2)c(NCCCN2CCOCC2)n2c(nc3ccccc32)c1C#N. The number of hydrogen-bond donors (Lipinski definition) is 1. The number of benzene rings is 2. The Balaban J connectivity index is 1.56. The van der Waals surface area contributed by atoms with Crippen molar-refractivity contribution in [1.82, 2.24) is 14.3 Å². The zero-order chi connectivity index (χ0) is 23.5. The van der Waals surface area contributed by atoms with Crippen LogP contribution < -0.4 is 5.32 Å². The van der Waals surface area contributed by atoms with Crippen LogP contribution in [0.2, 0.25) is 5.02 Å². The molecule has 1 aliphatic heterocycles. The summed E-state index contributed by atoms with van der Waals surface area (Å²) in [6, 6.07) is 18.4. The first-order chi connectivity index (χ1) is 16.7. The molecule has 5 rings (SSSR count). The smallest absolute Gasteiger partial charge is 0.157 e. The summed E-state index contributed by atoms with van der Waals surface area (Å²) in [5.74, 6) is 1.01. The minimum Gasteiger partial charge on any atom is -0.379 e. The van der Waals surface area contributed by atoms with Crippen LogP contribution in [0.4, 0.5) is 5.82 Å². The molecule has 1 saturated heterocycles. The number of rotatable bonds is 7. The van der Waals surface area contributed by atoms with Gasteiger partial charge >= 0.3 is 0 Å². The van der Waals surface area contributed by atoms with E-state index in [0.29, 0.717) is 17.6 Å². The Morgan fingerprint density at radius 1 is 1.12 bits per heavy atom. The predicted molar refractivity (Wildman–Crippen MR) is 137 cm³/mol. The first-order valence-corrected chi connectivity index (χ1v) is 12.1. The molecule has 6 nitrogen and oxygen atoms in total. The molecule has 0 spiro atoms. The second-order valence-electron chi connectivity index (χ2n) is 8.74. The highest BCUT2D eigenvalue weighted by molar-refractivity contribution is 6.30. The van der Waals surface area contributed by atoms with Gasteiger partial charge in [0.2, 0.25) is 0 Å². The van der Waals surface area contributed by atoms with Crippen molar-refractivity contribution >= 4 is 34.1 Å². The number of imidazole rings is 1. The molecule has 0 saturated carbocycles. The van der Waals surface area contributed by atoms with Crippen molar-refractivity contribution in [3.8, 4) is 6.07 Å². The molecule has 3 heterocycles. The van der Waals surface area contributed by atoms with Crippen LogP contribution in [0.15, 0.2) is 48.5 Å². The number of nitrogens with zero attached hydrogens (tertiary/aromatic N) is 4. The van der Waals surface area contributed by atoms with E-state index in [1.165, 1.54) is 0 Å². The highest BCUT2D eigenvalue weighted by Crippen LogP contribution is 2.32. The van der Waals surface area contributed by atoms with Gasteiger partial charge in [-0.15, -0.1) is 0 Å². The standard InChI is InChI=1S/C27H28ClN5O/c1-19-22(17-20-7-9-21(28)10-8-20)26(30-11-4-12-32-13-15-34-16-14-32)33-25-6-3-2-5-24(25)31-27(33)23(19)18-29/h2-3,5-10,30H,4,11-17H2,1H3. The van der Waals surface area contributed by atoms with Gasteiger partial charge in [-0.05, 0) is 55.3 Å². The molecule has 0 unspecified atom stereocenters. The quantitative estimate of drug-likeness (QED) is 0.381. The number of anilines is 1. The van der Waals surface area contributed by atoms with Crippen molar-refractivity contribution in [1.29, 1.82) is 5.26 Å². The molecule has 0 aliphatic carbocycles. The lowest BCUT2D eigenvalue weighted by Crippen LogP contribution is -2.37. The third kappa shape index (κ3) is 4.47. The Kier molecular flexibility index (Phi) is 6.68. The molecule has 0 bridgehead atoms. The molecule has 0 amide bonds. The number of nitrogens with one attached hydrogen (secondary N) is 1. The largest absolute Gasteiger partial charge is 0.379 e. The maximum atomic E-state index is 10.1. The summed E-state index contributed by atoms with van der Waals surface area (Å²) in [5.41, 5.74) is 6.45. The van der Waals surface area contributed by atoms with E-state index in [9.17, 15) is 5.26 Å². The van der Waals surface area contributed by atoms with Gasteiger partial charge in [0.05, 0.1) is 29.8 Å². The summed E-state index contributed by atoms with van der Waals surface area (Å²) in [6.07, 6.45) is 1.72. The van der Waals surface area contributed by atoms with Crippen LogP contribution in [0.25, 0.3) is 16.7 Å². The number of ether oxygens (including phenoxy) is 1. The first-order valence-electron chi connectivity index (χ1n) is 11.8. The predicted octanol–water partition coefficient (Wildman–Crippen LogP) is 5.05. The highest BCUT2D eigenvalue weighted by Gasteiger charge is 2.21. The number of halogens is 1. The van der Waals surface area contributed by atoms with Crippen LogP contribution in [0, 0.1) is 18.3 Å². The molecule has 0 atom stereocenters. The molecule has 1 fully saturated rings. The van der Waals surface area contributed by atoms with Crippen LogP contribution in [-0.2, 0) is 11.2 Å². The fourth-order valence-electron chi connectivity index (χ4n) is 4.73. The normalized spacial score (nSPS) is 14.5. The maximum Gasteiger partial charge on any atom is 0.157 e. The molecule has 1 N–H and O–H groups in total. The molecule has 34 heavy (non-hydrogen) atoms. The van der Waals surface area contributed by atoms with Gasteiger partial charge in [-0.3, -0.25) is 9.30 Å². The lowest BCUT2D eigenvalue weighted by atomic mass is 9.97. The van der Waals surface area contributed by atoms with Crippen molar-refractivity contribution in [3.05, 3.63) is 75.8 Å². The van der Waals surface area contributed by atoms with Crippen molar-refractivity contribution < 1.29 is 4.74 Å². The summed E-state index contributed by atoms with van der Waals surface area (Å²) >= 11 is 6.12. The number of aromatic nitrogens is 2. The first kappa shape index (κ1) is 22.7. The van der Waals surface area contributed by atoms with Gasteiger partial charge in [0.1, 0.15) is 11.9 Å². The van der Waals surface area contributed by atoms with Gasteiger partial charge in [-0.2, -0.15) is 5.26 Å². The van der Waals surface area contributed by atoms with Crippen molar-refractivity contribution in [2.45, 2.75) is 19.8 Å². The Morgan fingerprint density at radius 3 is 2.65 bits per heavy atom. The number of nitriles is 1. The Bertz CT molecular complexity index is 1350. The highest BCUT2D eigenvalue weighted by atomic mass is 35.5.